The molecular weight excluding hydrogens is 460 g/mol. The maximum absolute atomic E-state index is 12.1. The van der Waals surface area contributed by atoms with Crippen LogP contribution in [0.3, 0.4) is 0 Å². The SMILES string of the molecule is O=[N+]([O-])c1c(Nc2ccc(-c3ccccc3)cc2)ncnc1N1CCC(n2ccccc2=S)CC1. The minimum atomic E-state index is -0.407. The lowest BCUT2D eigenvalue weighted by atomic mass is 10.0. The van der Waals surface area contributed by atoms with Crippen LogP contribution < -0.4 is 10.2 Å². The second-order valence-corrected chi connectivity index (χ2v) is 8.80. The zero-order valence-corrected chi connectivity index (χ0v) is 19.8. The van der Waals surface area contributed by atoms with Gasteiger partial charge in [0.05, 0.1) is 4.92 Å². The Morgan fingerprint density at radius 3 is 2.29 bits per heavy atom. The Morgan fingerprint density at radius 1 is 0.914 bits per heavy atom. The molecule has 0 aliphatic carbocycles. The molecule has 2 aromatic carbocycles. The van der Waals surface area contributed by atoms with Gasteiger partial charge in [-0.3, -0.25) is 10.1 Å². The lowest BCUT2D eigenvalue weighted by Gasteiger charge is -2.33. The van der Waals surface area contributed by atoms with Gasteiger partial charge in [0.15, 0.2) is 0 Å². The second-order valence-electron chi connectivity index (χ2n) is 8.38. The van der Waals surface area contributed by atoms with Crippen LogP contribution in [-0.4, -0.2) is 32.5 Å². The highest BCUT2D eigenvalue weighted by molar-refractivity contribution is 7.71. The molecule has 8 nitrogen and oxygen atoms in total. The Labute approximate surface area is 208 Å². The summed E-state index contributed by atoms with van der Waals surface area (Å²) < 4.78 is 2.90. The summed E-state index contributed by atoms with van der Waals surface area (Å²) in [7, 11) is 0. The number of aromatic nitrogens is 3. The van der Waals surface area contributed by atoms with E-state index in [-0.39, 0.29) is 17.5 Å². The number of hydrogen-bond donors (Lipinski definition) is 1. The zero-order valence-electron chi connectivity index (χ0n) is 18.9. The summed E-state index contributed by atoms with van der Waals surface area (Å²) in [5.74, 6) is 0.517. The van der Waals surface area contributed by atoms with Gasteiger partial charge in [-0.2, -0.15) is 0 Å². The van der Waals surface area contributed by atoms with Crippen LogP contribution in [0.1, 0.15) is 18.9 Å². The number of anilines is 3. The largest absolute Gasteiger partial charge is 0.353 e. The third kappa shape index (κ3) is 4.90. The van der Waals surface area contributed by atoms with Gasteiger partial charge < -0.3 is 14.8 Å². The fourth-order valence-electron chi connectivity index (χ4n) is 4.47. The number of hydrogen-bond acceptors (Lipinski definition) is 7. The van der Waals surface area contributed by atoms with Gasteiger partial charge in [-0.05, 0) is 48.2 Å². The monoisotopic (exact) mass is 484 g/mol. The highest BCUT2D eigenvalue weighted by atomic mass is 32.1. The van der Waals surface area contributed by atoms with Crippen molar-refractivity contribution in [2.24, 2.45) is 0 Å². The molecule has 3 heterocycles. The van der Waals surface area contributed by atoms with Crippen molar-refractivity contribution in [3.05, 3.63) is 100 Å². The molecule has 1 saturated heterocycles. The van der Waals surface area contributed by atoms with Crippen molar-refractivity contribution in [3.63, 3.8) is 0 Å². The van der Waals surface area contributed by atoms with E-state index in [0.29, 0.717) is 18.9 Å². The van der Waals surface area contributed by atoms with Crippen molar-refractivity contribution in [2.75, 3.05) is 23.3 Å². The first kappa shape index (κ1) is 22.7. The standard InChI is InChI=1S/C26H24N6O2S/c33-32(34)24-25(29-21-11-9-20(10-12-21)19-6-2-1-3-7-19)27-18-28-26(24)30-16-13-22(14-17-30)31-15-5-4-8-23(31)35/h1-12,15,18,22H,13-14,16-17H2,(H,27,28,29). The molecule has 0 radical (unpaired) electrons. The molecule has 0 amide bonds. The van der Waals surface area contributed by atoms with Gasteiger partial charge in [0.2, 0.25) is 11.6 Å². The lowest BCUT2D eigenvalue weighted by Crippen LogP contribution is -2.35. The molecule has 0 atom stereocenters. The van der Waals surface area contributed by atoms with E-state index in [2.05, 4.69) is 19.9 Å². The second kappa shape index (κ2) is 10.0. The van der Waals surface area contributed by atoms with E-state index < -0.39 is 4.92 Å². The van der Waals surface area contributed by atoms with E-state index in [1.54, 1.807) is 0 Å². The lowest BCUT2D eigenvalue weighted by molar-refractivity contribution is -0.383. The fraction of sp³-hybridized carbons (Fsp3) is 0.192. The van der Waals surface area contributed by atoms with Gasteiger partial charge in [-0.1, -0.05) is 60.7 Å². The van der Waals surface area contributed by atoms with Gasteiger partial charge in [-0.15, -0.1) is 0 Å². The van der Waals surface area contributed by atoms with Crippen LogP contribution in [0.2, 0.25) is 0 Å². The van der Waals surface area contributed by atoms with Crippen LogP contribution in [0.5, 0.6) is 0 Å². The van der Waals surface area contributed by atoms with Gasteiger partial charge in [0, 0.05) is 31.0 Å². The van der Waals surface area contributed by atoms with Crippen LogP contribution in [0.4, 0.5) is 23.0 Å². The molecule has 1 fully saturated rings. The quantitative estimate of drug-likeness (QED) is 0.199. The van der Waals surface area contributed by atoms with Crippen molar-refractivity contribution in [1.82, 2.24) is 14.5 Å². The molecule has 9 heteroatoms. The predicted octanol–water partition coefficient (Wildman–Crippen LogP) is 6.17. The first-order valence-corrected chi connectivity index (χ1v) is 11.8. The van der Waals surface area contributed by atoms with Crippen molar-refractivity contribution < 1.29 is 4.92 Å². The summed E-state index contributed by atoms with van der Waals surface area (Å²) in [6, 6.07) is 23.9. The van der Waals surface area contributed by atoms with E-state index in [4.69, 9.17) is 12.2 Å². The number of rotatable bonds is 6. The molecule has 1 aliphatic heterocycles. The van der Waals surface area contributed by atoms with E-state index in [9.17, 15) is 10.1 Å². The number of nitro groups is 1. The summed E-state index contributed by atoms with van der Waals surface area (Å²) >= 11 is 5.46. The number of nitrogens with zero attached hydrogens (tertiary/aromatic N) is 5. The van der Waals surface area contributed by atoms with Gasteiger partial charge in [0.25, 0.3) is 0 Å². The van der Waals surface area contributed by atoms with Crippen LogP contribution >= 0.6 is 12.2 Å². The van der Waals surface area contributed by atoms with Crippen LogP contribution in [0, 0.1) is 14.8 Å². The topological polar surface area (TPSA) is 89.1 Å². The molecule has 0 saturated carbocycles. The summed E-state index contributed by atoms with van der Waals surface area (Å²) in [6.07, 6.45) is 5.02. The molecule has 176 valence electrons. The van der Waals surface area contributed by atoms with E-state index in [0.717, 1.165) is 34.3 Å². The molecular formula is C26H24N6O2S. The minimum absolute atomic E-state index is 0.116. The molecule has 4 aromatic rings. The third-order valence-corrected chi connectivity index (χ3v) is 6.60. The average molecular weight is 485 g/mol. The van der Waals surface area contributed by atoms with Gasteiger partial charge in [0.1, 0.15) is 11.0 Å². The van der Waals surface area contributed by atoms with Crippen LogP contribution in [0.25, 0.3) is 11.1 Å². The fourth-order valence-corrected chi connectivity index (χ4v) is 4.76. The minimum Gasteiger partial charge on any atom is -0.351 e. The van der Waals surface area contributed by atoms with Crippen LogP contribution in [-0.2, 0) is 0 Å². The summed E-state index contributed by atoms with van der Waals surface area (Å²) in [6.45, 7) is 1.29. The van der Waals surface area contributed by atoms with E-state index in [1.165, 1.54) is 6.33 Å². The first-order chi connectivity index (χ1) is 17.1. The molecule has 0 unspecified atom stereocenters. The van der Waals surface area contributed by atoms with Crippen molar-refractivity contribution >= 4 is 35.2 Å². The Kier molecular flexibility index (Phi) is 6.49. The van der Waals surface area contributed by atoms with Crippen molar-refractivity contribution in [2.45, 2.75) is 18.9 Å². The molecule has 35 heavy (non-hydrogen) atoms. The van der Waals surface area contributed by atoms with Gasteiger partial charge >= 0.3 is 5.69 Å². The predicted molar refractivity (Wildman–Crippen MR) is 140 cm³/mol. The Morgan fingerprint density at radius 2 is 1.60 bits per heavy atom. The maximum atomic E-state index is 12.1. The number of benzene rings is 2. The number of piperidine rings is 1. The molecule has 1 aliphatic rings. The van der Waals surface area contributed by atoms with Crippen LogP contribution in [0.15, 0.2) is 85.3 Å². The van der Waals surface area contributed by atoms with Gasteiger partial charge in [-0.25, -0.2) is 9.97 Å². The zero-order chi connectivity index (χ0) is 24.2. The molecule has 1 N–H and O–H groups in total. The normalized spacial score (nSPS) is 14.0. The highest BCUT2D eigenvalue weighted by Crippen LogP contribution is 2.36. The molecule has 5 rings (SSSR count). The first-order valence-electron chi connectivity index (χ1n) is 11.4. The smallest absolute Gasteiger partial charge is 0.351 e. The van der Waals surface area contributed by atoms with E-state index >= 15 is 0 Å². The Hall–Kier alpha value is -4.11. The number of nitrogens with one attached hydrogen (secondary N) is 1. The maximum Gasteiger partial charge on any atom is 0.353 e. The average Bonchev–Trinajstić information content (AvgIpc) is 2.90. The van der Waals surface area contributed by atoms with Crippen molar-refractivity contribution in [3.8, 4) is 11.1 Å². The summed E-state index contributed by atoms with van der Waals surface area (Å²) in [4.78, 5) is 22.1. The molecule has 0 bridgehead atoms. The Balaban J connectivity index is 1.35. The number of pyridine rings is 1. The van der Waals surface area contributed by atoms with E-state index in [1.807, 2.05) is 83.9 Å². The highest BCUT2D eigenvalue weighted by Gasteiger charge is 2.30. The summed E-state index contributed by atoms with van der Waals surface area (Å²) in [5, 5.41) is 15.2. The Bertz CT molecular complexity index is 1380. The summed E-state index contributed by atoms with van der Waals surface area (Å²) in [5.41, 5.74) is 2.77. The third-order valence-electron chi connectivity index (χ3n) is 6.25. The molecule has 0 spiro atoms. The van der Waals surface area contributed by atoms with Crippen molar-refractivity contribution in [1.29, 1.82) is 0 Å². The molecule has 2 aromatic heterocycles.